The van der Waals surface area contributed by atoms with Crippen LogP contribution in [0.4, 0.5) is 11.5 Å². The topological polar surface area (TPSA) is 58.1 Å². The summed E-state index contributed by atoms with van der Waals surface area (Å²) in [5, 5.41) is 2.97. The lowest BCUT2D eigenvalue weighted by Crippen LogP contribution is -2.24. The molecule has 3 rings (SSSR count). The minimum Gasteiger partial charge on any atom is -0.351 e. The first-order valence-corrected chi connectivity index (χ1v) is 9.48. The van der Waals surface area contributed by atoms with Crippen LogP contribution in [0.2, 0.25) is 0 Å². The van der Waals surface area contributed by atoms with E-state index in [0.29, 0.717) is 5.69 Å². The Bertz CT molecular complexity index is 929. The Morgan fingerprint density at radius 2 is 1.68 bits per heavy atom. The molecule has 0 aliphatic rings. The van der Waals surface area contributed by atoms with E-state index in [1.54, 1.807) is 6.20 Å². The number of hydrogen-bond donors (Lipinski definition) is 1. The SMILES string of the molecule is CCN(Cc1ccccc1)c1cnc(C(=O)Nc2c(C)cc(C)cc2C)cn1. The summed E-state index contributed by atoms with van der Waals surface area (Å²) in [5.41, 5.74) is 5.60. The van der Waals surface area contributed by atoms with E-state index < -0.39 is 0 Å². The molecule has 28 heavy (non-hydrogen) atoms. The van der Waals surface area contributed by atoms with E-state index in [2.05, 4.69) is 51.4 Å². The van der Waals surface area contributed by atoms with Crippen LogP contribution in [0.5, 0.6) is 0 Å². The third-order valence-corrected chi connectivity index (χ3v) is 4.71. The summed E-state index contributed by atoms with van der Waals surface area (Å²) in [6.45, 7) is 9.66. The molecule has 1 heterocycles. The van der Waals surface area contributed by atoms with Crippen molar-refractivity contribution in [3.8, 4) is 0 Å². The summed E-state index contributed by atoms with van der Waals surface area (Å²) in [6, 6.07) is 14.3. The van der Waals surface area contributed by atoms with Crippen LogP contribution in [-0.4, -0.2) is 22.4 Å². The molecule has 144 valence electrons. The molecule has 5 heteroatoms. The Morgan fingerprint density at radius 3 is 2.25 bits per heavy atom. The summed E-state index contributed by atoms with van der Waals surface area (Å²) in [5.74, 6) is 0.505. The van der Waals surface area contributed by atoms with Gasteiger partial charge in [0.15, 0.2) is 0 Å². The highest BCUT2D eigenvalue weighted by Crippen LogP contribution is 2.22. The number of aromatic nitrogens is 2. The second kappa shape index (κ2) is 8.65. The number of carbonyl (C=O) groups excluding carboxylic acids is 1. The van der Waals surface area contributed by atoms with Crippen LogP contribution >= 0.6 is 0 Å². The van der Waals surface area contributed by atoms with Crippen molar-refractivity contribution in [2.45, 2.75) is 34.2 Å². The van der Waals surface area contributed by atoms with Gasteiger partial charge in [0.05, 0.1) is 12.4 Å². The smallest absolute Gasteiger partial charge is 0.275 e. The first-order chi connectivity index (χ1) is 13.5. The number of rotatable bonds is 6. The zero-order chi connectivity index (χ0) is 20.1. The minimum absolute atomic E-state index is 0.250. The molecule has 0 saturated heterocycles. The highest BCUT2D eigenvalue weighted by Gasteiger charge is 2.14. The number of nitrogens with zero attached hydrogens (tertiary/aromatic N) is 3. The molecule has 5 nitrogen and oxygen atoms in total. The number of benzene rings is 2. The molecule has 0 atom stereocenters. The van der Waals surface area contributed by atoms with Crippen molar-refractivity contribution in [1.29, 1.82) is 0 Å². The minimum atomic E-state index is -0.250. The Morgan fingerprint density at radius 1 is 1.00 bits per heavy atom. The molecule has 0 spiro atoms. The van der Waals surface area contributed by atoms with Crippen LogP contribution in [0, 0.1) is 20.8 Å². The van der Waals surface area contributed by atoms with Crippen LogP contribution in [0.1, 0.15) is 39.7 Å². The lowest BCUT2D eigenvalue weighted by molar-refractivity contribution is 0.102. The summed E-state index contributed by atoms with van der Waals surface area (Å²) >= 11 is 0. The zero-order valence-corrected chi connectivity index (χ0v) is 16.9. The maximum absolute atomic E-state index is 12.6. The molecule has 0 aliphatic carbocycles. The summed E-state index contributed by atoms with van der Waals surface area (Å²) in [6.07, 6.45) is 3.20. The molecule has 1 aromatic heterocycles. The van der Waals surface area contributed by atoms with E-state index in [0.717, 1.165) is 35.7 Å². The molecule has 3 aromatic rings. The standard InChI is InChI=1S/C23H26N4O/c1-5-27(15-19-9-7-6-8-10-19)21-14-24-20(13-25-21)23(28)26-22-17(3)11-16(2)12-18(22)4/h6-14H,5,15H2,1-4H3,(H,26,28). The van der Waals surface area contributed by atoms with Crippen molar-refractivity contribution in [3.63, 3.8) is 0 Å². The average molecular weight is 374 g/mol. The number of anilines is 2. The molecule has 0 unspecified atom stereocenters. The maximum Gasteiger partial charge on any atom is 0.275 e. The summed E-state index contributed by atoms with van der Waals surface area (Å²) in [4.78, 5) is 23.6. The fourth-order valence-electron chi connectivity index (χ4n) is 3.32. The highest BCUT2D eigenvalue weighted by molar-refractivity contribution is 6.03. The third-order valence-electron chi connectivity index (χ3n) is 4.71. The van der Waals surface area contributed by atoms with Gasteiger partial charge in [-0.15, -0.1) is 0 Å². The average Bonchev–Trinajstić information content (AvgIpc) is 2.69. The molecule has 0 bridgehead atoms. The van der Waals surface area contributed by atoms with Gasteiger partial charge in [0.2, 0.25) is 0 Å². The number of hydrogen-bond acceptors (Lipinski definition) is 4. The van der Waals surface area contributed by atoms with E-state index in [1.807, 2.05) is 39.0 Å². The molecular weight excluding hydrogens is 348 g/mol. The predicted octanol–water partition coefficient (Wildman–Crippen LogP) is 4.68. The molecule has 0 fully saturated rings. The summed E-state index contributed by atoms with van der Waals surface area (Å²) in [7, 11) is 0. The van der Waals surface area contributed by atoms with E-state index >= 15 is 0 Å². The van der Waals surface area contributed by atoms with Crippen LogP contribution in [0.3, 0.4) is 0 Å². The molecule has 1 N–H and O–H groups in total. The van der Waals surface area contributed by atoms with Crippen LogP contribution < -0.4 is 10.2 Å². The van der Waals surface area contributed by atoms with Crippen LogP contribution in [0.25, 0.3) is 0 Å². The van der Waals surface area contributed by atoms with E-state index in [-0.39, 0.29) is 5.91 Å². The van der Waals surface area contributed by atoms with Gasteiger partial charge >= 0.3 is 0 Å². The zero-order valence-electron chi connectivity index (χ0n) is 16.9. The number of amides is 1. The van der Waals surface area contributed by atoms with Crippen molar-refractivity contribution in [2.24, 2.45) is 0 Å². The molecule has 0 aliphatic heterocycles. The molecule has 2 aromatic carbocycles. The normalized spacial score (nSPS) is 10.6. The van der Waals surface area contributed by atoms with Crippen molar-refractivity contribution in [3.05, 3.63) is 82.8 Å². The Balaban J connectivity index is 1.73. The van der Waals surface area contributed by atoms with Gasteiger partial charge in [0.25, 0.3) is 5.91 Å². The number of aryl methyl sites for hydroxylation is 3. The first-order valence-electron chi connectivity index (χ1n) is 9.48. The molecule has 0 radical (unpaired) electrons. The van der Waals surface area contributed by atoms with E-state index in [4.69, 9.17) is 0 Å². The largest absolute Gasteiger partial charge is 0.351 e. The van der Waals surface area contributed by atoms with Gasteiger partial charge in [-0.2, -0.15) is 0 Å². The van der Waals surface area contributed by atoms with Crippen molar-refractivity contribution >= 4 is 17.4 Å². The lowest BCUT2D eigenvalue weighted by atomic mass is 10.1. The molecule has 0 saturated carbocycles. The second-order valence-corrected chi connectivity index (χ2v) is 6.99. The van der Waals surface area contributed by atoms with Crippen LogP contribution in [0.15, 0.2) is 54.9 Å². The first kappa shape index (κ1) is 19.5. The molecular formula is C23H26N4O. The fourth-order valence-corrected chi connectivity index (χ4v) is 3.32. The number of carbonyl (C=O) groups is 1. The predicted molar refractivity (Wildman–Crippen MR) is 114 cm³/mol. The molecule has 1 amide bonds. The fraction of sp³-hybridized carbons (Fsp3) is 0.261. The van der Waals surface area contributed by atoms with E-state index in [1.165, 1.54) is 17.3 Å². The van der Waals surface area contributed by atoms with Crippen LogP contribution in [-0.2, 0) is 6.54 Å². The Kier molecular flexibility index (Phi) is 6.04. The monoisotopic (exact) mass is 374 g/mol. The van der Waals surface area contributed by atoms with Gasteiger partial charge in [-0.05, 0) is 44.4 Å². The van der Waals surface area contributed by atoms with Gasteiger partial charge in [-0.25, -0.2) is 9.97 Å². The number of nitrogens with one attached hydrogen (secondary N) is 1. The van der Waals surface area contributed by atoms with Gasteiger partial charge in [0, 0.05) is 18.8 Å². The third kappa shape index (κ3) is 4.55. The van der Waals surface area contributed by atoms with Gasteiger partial charge in [0.1, 0.15) is 11.5 Å². The van der Waals surface area contributed by atoms with Gasteiger partial charge in [-0.3, -0.25) is 4.79 Å². The lowest BCUT2D eigenvalue weighted by Gasteiger charge is -2.21. The Hall–Kier alpha value is -3.21. The van der Waals surface area contributed by atoms with Crippen molar-refractivity contribution in [2.75, 3.05) is 16.8 Å². The second-order valence-electron chi connectivity index (χ2n) is 6.99. The summed E-state index contributed by atoms with van der Waals surface area (Å²) < 4.78 is 0. The highest BCUT2D eigenvalue weighted by atomic mass is 16.1. The Labute approximate surface area is 166 Å². The van der Waals surface area contributed by atoms with Crippen molar-refractivity contribution < 1.29 is 4.79 Å². The van der Waals surface area contributed by atoms with Crippen molar-refractivity contribution in [1.82, 2.24) is 9.97 Å². The maximum atomic E-state index is 12.6. The van der Waals surface area contributed by atoms with Gasteiger partial charge < -0.3 is 10.2 Å². The quantitative estimate of drug-likeness (QED) is 0.680. The van der Waals surface area contributed by atoms with E-state index in [9.17, 15) is 4.79 Å². The van der Waals surface area contributed by atoms with Gasteiger partial charge in [-0.1, -0.05) is 48.0 Å².